The number of ether oxygens (including phenoxy) is 1. The number of hydrogen-bond acceptors (Lipinski definition) is 5. The van der Waals surface area contributed by atoms with Crippen molar-refractivity contribution in [1.29, 1.82) is 0 Å². The van der Waals surface area contributed by atoms with E-state index in [9.17, 15) is 9.59 Å². The van der Waals surface area contributed by atoms with E-state index in [-0.39, 0.29) is 23.0 Å². The fourth-order valence-electron chi connectivity index (χ4n) is 3.97. The molecule has 0 radical (unpaired) electrons. The SMILES string of the molecule is CCOC(=O)C1CCN(C(=O)C(C)Sc2nc3ccccc3n2-c2ccccc2)CC1. The number of rotatable bonds is 6. The highest BCUT2D eigenvalue weighted by molar-refractivity contribution is 8.00. The highest BCUT2D eigenvalue weighted by Gasteiger charge is 2.31. The van der Waals surface area contributed by atoms with Gasteiger partial charge in [-0.15, -0.1) is 0 Å². The van der Waals surface area contributed by atoms with Gasteiger partial charge in [0.2, 0.25) is 5.91 Å². The molecule has 1 aromatic heterocycles. The van der Waals surface area contributed by atoms with Crippen LogP contribution in [0.4, 0.5) is 0 Å². The number of fused-ring (bicyclic) bond motifs is 1. The van der Waals surface area contributed by atoms with Crippen LogP contribution in [0, 0.1) is 5.92 Å². The summed E-state index contributed by atoms with van der Waals surface area (Å²) in [5.41, 5.74) is 2.95. The highest BCUT2D eigenvalue weighted by atomic mass is 32.2. The van der Waals surface area contributed by atoms with E-state index in [1.165, 1.54) is 11.8 Å². The zero-order valence-electron chi connectivity index (χ0n) is 17.9. The van der Waals surface area contributed by atoms with Gasteiger partial charge in [0.05, 0.1) is 28.8 Å². The molecule has 0 spiro atoms. The van der Waals surface area contributed by atoms with E-state index in [4.69, 9.17) is 9.72 Å². The molecule has 31 heavy (non-hydrogen) atoms. The summed E-state index contributed by atoms with van der Waals surface area (Å²) in [6.45, 7) is 5.32. The second kappa shape index (κ2) is 9.56. The number of carbonyl (C=O) groups excluding carboxylic acids is 2. The quantitative estimate of drug-likeness (QED) is 0.425. The van der Waals surface area contributed by atoms with E-state index < -0.39 is 0 Å². The number of esters is 1. The average molecular weight is 438 g/mol. The Morgan fingerprint density at radius 1 is 1.10 bits per heavy atom. The Bertz CT molecular complexity index is 1060. The maximum atomic E-state index is 13.1. The molecule has 0 aliphatic carbocycles. The van der Waals surface area contributed by atoms with Crippen molar-refractivity contribution in [3.8, 4) is 5.69 Å². The summed E-state index contributed by atoms with van der Waals surface area (Å²) in [5, 5.41) is 0.521. The lowest BCUT2D eigenvalue weighted by molar-refractivity contribution is -0.151. The predicted octanol–water partition coefficient (Wildman–Crippen LogP) is 4.31. The first kappa shape index (κ1) is 21.4. The smallest absolute Gasteiger partial charge is 0.309 e. The Hall–Kier alpha value is -2.80. The van der Waals surface area contributed by atoms with Crippen LogP contribution in [0.3, 0.4) is 0 Å². The van der Waals surface area contributed by atoms with Gasteiger partial charge in [0.15, 0.2) is 5.16 Å². The Morgan fingerprint density at radius 3 is 2.48 bits per heavy atom. The van der Waals surface area contributed by atoms with Crippen molar-refractivity contribution >= 4 is 34.7 Å². The molecule has 162 valence electrons. The van der Waals surface area contributed by atoms with Crippen molar-refractivity contribution in [1.82, 2.24) is 14.5 Å². The molecule has 6 nitrogen and oxygen atoms in total. The number of hydrogen-bond donors (Lipinski definition) is 0. The van der Waals surface area contributed by atoms with E-state index in [0.717, 1.165) is 21.9 Å². The summed E-state index contributed by atoms with van der Waals surface area (Å²) in [4.78, 5) is 31.8. The minimum atomic E-state index is -0.279. The molecule has 7 heteroatoms. The van der Waals surface area contributed by atoms with Crippen LogP contribution >= 0.6 is 11.8 Å². The molecule has 1 fully saturated rings. The van der Waals surface area contributed by atoms with Crippen LogP contribution in [0.2, 0.25) is 0 Å². The molecule has 0 saturated carbocycles. The summed E-state index contributed by atoms with van der Waals surface area (Å²) >= 11 is 1.48. The lowest BCUT2D eigenvalue weighted by Gasteiger charge is -2.32. The number of carbonyl (C=O) groups is 2. The first-order chi connectivity index (χ1) is 15.1. The third-order valence-corrected chi connectivity index (χ3v) is 6.64. The molecule has 1 aliphatic rings. The zero-order chi connectivity index (χ0) is 21.8. The van der Waals surface area contributed by atoms with Crippen LogP contribution in [-0.4, -0.2) is 51.3 Å². The molecule has 4 rings (SSSR count). The first-order valence-electron chi connectivity index (χ1n) is 10.7. The third kappa shape index (κ3) is 4.61. The van der Waals surface area contributed by atoms with Crippen molar-refractivity contribution in [2.75, 3.05) is 19.7 Å². The molecule has 2 aromatic carbocycles. The second-order valence-electron chi connectivity index (χ2n) is 7.67. The van der Waals surface area contributed by atoms with Gasteiger partial charge >= 0.3 is 5.97 Å². The van der Waals surface area contributed by atoms with Gasteiger partial charge in [-0.1, -0.05) is 42.1 Å². The molecule has 1 saturated heterocycles. The van der Waals surface area contributed by atoms with Crippen LogP contribution in [0.25, 0.3) is 16.7 Å². The third-order valence-electron chi connectivity index (χ3n) is 5.60. The van der Waals surface area contributed by atoms with Crippen LogP contribution < -0.4 is 0 Å². The van der Waals surface area contributed by atoms with Crippen LogP contribution in [0.15, 0.2) is 59.8 Å². The Morgan fingerprint density at radius 2 is 1.77 bits per heavy atom. The maximum absolute atomic E-state index is 13.1. The fraction of sp³-hybridized carbons (Fsp3) is 0.375. The van der Waals surface area contributed by atoms with E-state index in [1.807, 2.05) is 73.3 Å². The van der Waals surface area contributed by atoms with Gasteiger partial charge in [-0.3, -0.25) is 14.2 Å². The average Bonchev–Trinajstić information content (AvgIpc) is 3.17. The largest absolute Gasteiger partial charge is 0.466 e. The van der Waals surface area contributed by atoms with Crippen molar-refractivity contribution in [2.45, 2.75) is 37.1 Å². The van der Waals surface area contributed by atoms with Gasteiger partial charge in [0.25, 0.3) is 0 Å². The highest BCUT2D eigenvalue weighted by Crippen LogP contribution is 2.31. The normalized spacial score (nSPS) is 15.7. The van der Waals surface area contributed by atoms with Crippen molar-refractivity contribution in [2.24, 2.45) is 5.92 Å². The van der Waals surface area contributed by atoms with Gasteiger partial charge in [0, 0.05) is 18.8 Å². The molecule has 3 aromatic rings. The van der Waals surface area contributed by atoms with E-state index in [0.29, 0.717) is 32.5 Å². The molecule has 0 N–H and O–H groups in total. The number of aromatic nitrogens is 2. The lowest BCUT2D eigenvalue weighted by atomic mass is 9.97. The number of nitrogens with zero attached hydrogens (tertiary/aromatic N) is 3. The van der Waals surface area contributed by atoms with Crippen LogP contribution in [0.1, 0.15) is 26.7 Å². The van der Waals surface area contributed by atoms with Crippen LogP contribution in [-0.2, 0) is 14.3 Å². The monoisotopic (exact) mass is 437 g/mol. The minimum absolute atomic E-state index is 0.0824. The number of amides is 1. The molecular formula is C24H27N3O3S. The fourth-order valence-corrected chi connectivity index (χ4v) is 5.00. The van der Waals surface area contributed by atoms with Crippen molar-refractivity contribution in [3.05, 3.63) is 54.6 Å². The first-order valence-corrected chi connectivity index (χ1v) is 11.6. The molecule has 1 aliphatic heterocycles. The molecular weight excluding hydrogens is 410 g/mol. The number of imidazole rings is 1. The maximum Gasteiger partial charge on any atom is 0.309 e. The van der Waals surface area contributed by atoms with Crippen LogP contribution in [0.5, 0.6) is 0 Å². The molecule has 0 bridgehead atoms. The molecule has 2 heterocycles. The summed E-state index contributed by atoms with van der Waals surface area (Å²) in [6, 6.07) is 18.1. The van der Waals surface area contributed by atoms with Gasteiger partial charge in [0.1, 0.15) is 0 Å². The van der Waals surface area contributed by atoms with Gasteiger partial charge in [-0.25, -0.2) is 4.98 Å². The number of piperidine rings is 1. The topological polar surface area (TPSA) is 64.4 Å². The number of benzene rings is 2. The van der Waals surface area contributed by atoms with Crippen molar-refractivity contribution in [3.63, 3.8) is 0 Å². The number of likely N-dealkylation sites (tertiary alicyclic amines) is 1. The van der Waals surface area contributed by atoms with E-state index >= 15 is 0 Å². The minimum Gasteiger partial charge on any atom is -0.466 e. The Balaban J connectivity index is 1.50. The summed E-state index contributed by atoms with van der Waals surface area (Å²) < 4.78 is 7.24. The second-order valence-corrected chi connectivity index (χ2v) is 8.97. The van der Waals surface area contributed by atoms with Gasteiger partial charge in [-0.2, -0.15) is 0 Å². The van der Waals surface area contributed by atoms with E-state index in [1.54, 1.807) is 0 Å². The molecule has 1 amide bonds. The predicted molar refractivity (Wildman–Crippen MR) is 122 cm³/mol. The number of para-hydroxylation sites is 3. The van der Waals surface area contributed by atoms with Gasteiger partial charge < -0.3 is 9.64 Å². The van der Waals surface area contributed by atoms with Crippen molar-refractivity contribution < 1.29 is 14.3 Å². The summed E-state index contributed by atoms with van der Waals surface area (Å²) in [7, 11) is 0. The Kier molecular flexibility index (Phi) is 6.61. The summed E-state index contributed by atoms with van der Waals surface area (Å²) in [6.07, 6.45) is 1.31. The van der Waals surface area contributed by atoms with Gasteiger partial charge in [-0.05, 0) is 51.0 Å². The van der Waals surface area contributed by atoms with E-state index in [2.05, 4.69) is 4.57 Å². The Labute approximate surface area is 186 Å². The molecule has 1 unspecified atom stereocenters. The number of thioether (sulfide) groups is 1. The standard InChI is InChI=1S/C24H27N3O3S/c1-3-30-23(29)18-13-15-26(16-14-18)22(28)17(2)31-24-25-20-11-7-8-12-21(20)27(24)19-9-5-4-6-10-19/h4-12,17-18H,3,13-16H2,1-2H3. The zero-order valence-corrected chi connectivity index (χ0v) is 18.7. The molecule has 1 atom stereocenters. The summed E-state index contributed by atoms with van der Waals surface area (Å²) in [5.74, 6) is -0.165. The lowest BCUT2D eigenvalue weighted by Crippen LogP contribution is -2.43.